The summed E-state index contributed by atoms with van der Waals surface area (Å²) in [5.41, 5.74) is 2.51. The van der Waals surface area contributed by atoms with Crippen LogP contribution < -0.4 is 5.32 Å². The van der Waals surface area contributed by atoms with Crippen LogP contribution in [0, 0.1) is 0 Å². The molecule has 2 nitrogen and oxygen atoms in total. The van der Waals surface area contributed by atoms with Crippen LogP contribution in [0.4, 0.5) is 0 Å². The predicted molar refractivity (Wildman–Crippen MR) is 77.9 cm³/mol. The maximum absolute atomic E-state index is 4.44. The van der Waals surface area contributed by atoms with Crippen LogP contribution in [0.2, 0.25) is 0 Å². The summed E-state index contributed by atoms with van der Waals surface area (Å²) in [6.45, 7) is 6.16. The summed E-state index contributed by atoms with van der Waals surface area (Å²) in [5.74, 6) is 0. The number of rotatable bonds is 6. The van der Waals surface area contributed by atoms with Crippen molar-refractivity contribution in [1.29, 1.82) is 0 Å². The number of nitrogens with one attached hydrogen (secondary N) is 1. The minimum absolute atomic E-state index is 0.851. The zero-order chi connectivity index (χ0) is 12.8. The van der Waals surface area contributed by atoms with Crippen molar-refractivity contribution in [3.05, 3.63) is 51.5 Å². The molecule has 0 atom stereocenters. The molecule has 2 aromatic rings. The summed E-state index contributed by atoms with van der Waals surface area (Å²) in [6, 6.07) is 8.61. The van der Waals surface area contributed by atoms with Gasteiger partial charge in [-0.05, 0) is 36.6 Å². The lowest BCUT2D eigenvalue weighted by atomic mass is 10.1. The standard InChI is InChI=1S/C15H20N2S/c1-3-12-6-5-9-17-15(12)11-16-10-14-8-7-13(4-2)18-14/h5-9,16H,3-4,10-11H2,1-2H3. The Kier molecular flexibility index (Phi) is 4.90. The lowest BCUT2D eigenvalue weighted by molar-refractivity contribution is 0.680. The van der Waals surface area contributed by atoms with E-state index in [1.165, 1.54) is 21.0 Å². The molecule has 0 spiro atoms. The first kappa shape index (κ1) is 13.2. The van der Waals surface area contributed by atoms with Crippen molar-refractivity contribution in [2.45, 2.75) is 39.8 Å². The van der Waals surface area contributed by atoms with Crippen LogP contribution in [0.15, 0.2) is 30.5 Å². The first-order valence-corrected chi connectivity index (χ1v) is 7.36. The number of hydrogen-bond donors (Lipinski definition) is 1. The largest absolute Gasteiger partial charge is 0.306 e. The molecule has 0 fully saturated rings. The van der Waals surface area contributed by atoms with Crippen molar-refractivity contribution < 1.29 is 0 Å². The second kappa shape index (κ2) is 6.66. The number of thiophene rings is 1. The third-order valence-electron chi connectivity index (χ3n) is 3.02. The highest BCUT2D eigenvalue weighted by molar-refractivity contribution is 7.11. The highest BCUT2D eigenvalue weighted by atomic mass is 32.1. The van der Waals surface area contributed by atoms with E-state index in [1.807, 2.05) is 23.6 Å². The van der Waals surface area contributed by atoms with Gasteiger partial charge in [-0.15, -0.1) is 11.3 Å². The molecule has 0 unspecified atom stereocenters. The first-order chi connectivity index (χ1) is 8.83. The van der Waals surface area contributed by atoms with Gasteiger partial charge in [0.2, 0.25) is 0 Å². The summed E-state index contributed by atoms with van der Waals surface area (Å²) in [4.78, 5) is 7.30. The molecule has 0 aliphatic rings. The second-order valence-corrected chi connectivity index (χ2v) is 5.54. The van der Waals surface area contributed by atoms with E-state index in [-0.39, 0.29) is 0 Å². The fraction of sp³-hybridized carbons (Fsp3) is 0.400. The van der Waals surface area contributed by atoms with E-state index < -0.39 is 0 Å². The van der Waals surface area contributed by atoms with Crippen LogP contribution in [-0.2, 0) is 25.9 Å². The predicted octanol–water partition coefficient (Wildman–Crippen LogP) is 3.56. The summed E-state index contributed by atoms with van der Waals surface area (Å²) in [6.07, 6.45) is 4.05. The molecule has 2 heterocycles. The Balaban J connectivity index is 1.88. The Bertz CT molecular complexity index is 491. The average molecular weight is 260 g/mol. The molecule has 0 saturated heterocycles. The third-order valence-corrected chi connectivity index (χ3v) is 4.25. The van der Waals surface area contributed by atoms with Gasteiger partial charge < -0.3 is 5.32 Å². The molecule has 3 heteroatoms. The van der Waals surface area contributed by atoms with Crippen molar-refractivity contribution in [3.63, 3.8) is 0 Å². The fourth-order valence-electron chi connectivity index (χ4n) is 1.96. The lowest BCUT2D eigenvalue weighted by Gasteiger charge is -2.07. The van der Waals surface area contributed by atoms with Gasteiger partial charge in [-0.1, -0.05) is 19.9 Å². The van der Waals surface area contributed by atoms with E-state index in [2.05, 4.69) is 42.3 Å². The first-order valence-electron chi connectivity index (χ1n) is 6.54. The van der Waals surface area contributed by atoms with Gasteiger partial charge in [0.1, 0.15) is 0 Å². The summed E-state index contributed by atoms with van der Waals surface area (Å²) >= 11 is 1.90. The quantitative estimate of drug-likeness (QED) is 0.859. The van der Waals surface area contributed by atoms with E-state index in [0.717, 1.165) is 25.9 Å². The molecule has 96 valence electrons. The van der Waals surface area contributed by atoms with Crippen molar-refractivity contribution in [3.8, 4) is 0 Å². The Morgan fingerprint density at radius 1 is 1.06 bits per heavy atom. The molecular formula is C15H20N2S. The smallest absolute Gasteiger partial charge is 0.0573 e. The number of pyridine rings is 1. The summed E-state index contributed by atoms with van der Waals surface area (Å²) < 4.78 is 0. The molecule has 1 N–H and O–H groups in total. The van der Waals surface area contributed by atoms with E-state index in [4.69, 9.17) is 0 Å². The highest BCUT2D eigenvalue weighted by Gasteiger charge is 2.02. The molecule has 2 rings (SSSR count). The number of hydrogen-bond acceptors (Lipinski definition) is 3. The van der Waals surface area contributed by atoms with Crippen LogP contribution >= 0.6 is 11.3 Å². The number of aryl methyl sites for hydroxylation is 2. The maximum Gasteiger partial charge on any atom is 0.0573 e. The molecule has 18 heavy (non-hydrogen) atoms. The Morgan fingerprint density at radius 3 is 2.61 bits per heavy atom. The normalized spacial score (nSPS) is 10.8. The van der Waals surface area contributed by atoms with Crippen molar-refractivity contribution >= 4 is 11.3 Å². The molecule has 0 amide bonds. The minimum atomic E-state index is 0.851. The Labute approximate surface area is 113 Å². The molecule has 0 aliphatic heterocycles. The second-order valence-electron chi connectivity index (χ2n) is 4.29. The molecule has 0 bridgehead atoms. The SMILES string of the molecule is CCc1ccc(CNCc2ncccc2CC)s1. The van der Waals surface area contributed by atoms with Crippen LogP contribution in [0.25, 0.3) is 0 Å². The fourth-order valence-corrected chi connectivity index (χ4v) is 2.89. The van der Waals surface area contributed by atoms with Gasteiger partial charge in [0, 0.05) is 29.0 Å². The third kappa shape index (κ3) is 3.40. The molecule has 0 aromatic carbocycles. The zero-order valence-corrected chi connectivity index (χ0v) is 11.9. The summed E-state index contributed by atoms with van der Waals surface area (Å²) in [7, 11) is 0. The topological polar surface area (TPSA) is 24.9 Å². The molecular weight excluding hydrogens is 240 g/mol. The average Bonchev–Trinajstić information content (AvgIpc) is 2.87. The van der Waals surface area contributed by atoms with Gasteiger partial charge in [-0.2, -0.15) is 0 Å². The van der Waals surface area contributed by atoms with E-state index in [1.54, 1.807) is 0 Å². The van der Waals surface area contributed by atoms with E-state index in [9.17, 15) is 0 Å². The van der Waals surface area contributed by atoms with Crippen molar-refractivity contribution in [2.75, 3.05) is 0 Å². The molecule has 0 aliphatic carbocycles. The summed E-state index contributed by atoms with van der Waals surface area (Å²) in [5, 5.41) is 3.48. The van der Waals surface area contributed by atoms with Crippen LogP contribution in [0.5, 0.6) is 0 Å². The lowest BCUT2D eigenvalue weighted by Crippen LogP contribution is -2.14. The van der Waals surface area contributed by atoms with Gasteiger partial charge in [0.15, 0.2) is 0 Å². The van der Waals surface area contributed by atoms with E-state index >= 15 is 0 Å². The molecule has 2 aromatic heterocycles. The van der Waals surface area contributed by atoms with E-state index in [0.29, 0.717) is 0 Å². The van der Waals surface area contributed by atoms with Gasteiger partial charge in [-0.3, -0.25) is 4.98 Å². The molecule has 0 radical (unpaired) electrons. The zero-order valence-electron chi connectivity index (χ0n) is 11.1. The Morgan fingerprint density at radius 2 is 1.89 bits per heavy atom. The van der Waals surface area contributed by atoms with Gasteiger partial charge in [0.05, 0.1) is 5.69 Å². The number of nitrogens with zero attached hydrogens (tertiary/aromatic N) is 1. The minimum Gasteiger partial charge on any atom is -0.306 e. The maximum atomic E-state index is 4.44. The van der Waals surface area contributed by atoms with Crippen LogP contribution in [0.1, 0.15) is 34.9 Å². The monoisotopic (exact) mass is 260 g/mol. The van der Waals surface area contributed by atoms with Gasteiger partial charge in [-0.25, -0.2) is 0 Å². The van der Waals surface area contributed by atoms with Crippen molar-refractivity contribution in [2.24, 2.45) is 0 Å². The van der Waals surface area contributed by atoms with Gasteiger partial charge in [0.25, 0.3) is 0 Å². The highest BCUT2D eigenvalue weighted by Crippen LogP contribution is 2.16. The van der Waals surface area contributed by atoms with Crippen LogP contribution in [-0.4, -0.2) is 4.98 Å². The number of aromatic nitrogens is 1. The molecule has 0 saturated carbocycles. The Hall–Kier alpha value is -1.19. The van der Waals surface area contributed by atoms with Gasteiger partial charge >= 0.3 is 0 Å². The van der Waals surface area contributed by atoms with Crippen LogP contribution in [0.3, 0.4) is 0 Å². The van der Waals surface area contributed by atoms with Crippen molar-refractivity contribution in [1.82, 2.24) is 10.3 Å².